The summed E-state index contributed by atoms with van der Waals surface area (Å²) in [4.78, 5) is 26.6. The second-order valence-electron chi connectivity index (χ2n) is 6.70. The number of nitrogens with one attached hydrogen (secondary N) is 1. The van der Waals surface area contributed by atoms with Crippen LogP contribution in [0.2, 0.25) is 5.02 Å². The fraction of sp³-hybridized carbons (Fsp3) is 0.190. The van der Waals surface area contributed by atoms with E-state index in [0.717, 1.165) is 15.7 Å². The molecule has 1 N–H and O–H groups in total. The minimum absolute atomic E-state index is 0.0733. The van der Waals surface area contributed by atoms with Crippen molar-refractivity contribution in [3.63, 3.8) is 0 Å². The lowest BCUT2D eigenvalue weighted by Crippen LogP contribution is -2.35. The Bertz CT molecular complexity index is 1080. The van der Waals surface area contributed by atoms with Crippen molar-refractivity contribution in [3.8, 4) is 5.69 Å². The third-order valence-electron chi connectivity index (χ3n) is 4.48. The van der Waals surface area contributed by atoms with Gasteiger partial charge in [0.15, 0.2) is 0 Å². The second kappa shape index (κ2) is 8.80. The highest BCUT2D eigenvalue weighted by atomic mass is 79.9. The van der Waals surface area contributed by atoms with Gasteiger partial charge in [0.2, 0.25) is 5.91 Å². The topological polar surface area (TPSA) is 67.2 Å². The van der Waals surface area contributed by atoms with Crippen LogP contribution < -0.4 is 5.32 Å². The third-order valence-corrected chi connectivity index (χ3v) is 5.21. The molecule has 0 radical (unpaired) electrons. The van der Waals surface area contributed by atoms with Gasteiger partial charge in [-0.25, -0.2) is 4.68 Å². The Hall–Kier alpha value is -2.64. The zero-order valence-corrected chi connectivity index (χ0v) is 18.6. The van der Waals surface area contributed by atoms with Gasteiger partial charge >= 0.3 is 0 Å². The van der Waals surface area contributed by atoms with Crippen molar-refractivity contribution in [1.29, 1.82) is 0 Å². The molecule has 0 aliphatic rings. The number of halogens is 2. The molecule has 2 aromatic carbocycles. The first-order valence-electron chi connectivity index (χ1n) is 8.88. The molecule has 0 unspecified atom stereocenters. The predicted molar refractivity (Wildman–Crippen MR) is 118 cm³/mol. The average molecular weight is 476 g/mol. The molecule has 1 aromatic heterocycles. The number of aryl methyl sites for hydroxylation is 1. The summed E-state index contributed by atoms with van der Waals surface area (Å²) in [6, 6.07) is 12.8. The van der Waals surface area contributed by atoms with Gasteiger partial charge in [-0.1, -0.05) is 33.6 Å². The van der Waals surface area contributed by atoms with Crippen molar-refractivity contribution < 1.29 is 9.59 Å². The van der Waals surface area contributed by atoms with Crippen LogP contribution in [-0.2, 0) is 4.79 Å². The van der Waals surface area contributed by atoms with Crippen molar-refractivity contribution in [3.05, 3.63) is 75.0 Å². The van der Waals surface area contributed by atoms with Crippen LogP contribution in [0.15, 0.2) is 53.1 Å². The van der Waals surface area contributed by atoms with E-state index in [9.17, 15) is 9.59 Å². The highest BCUT2D eigenvalue weighted by Gasteiger charge is 2.20. The lowest BCUT2D eigenvalue weighted by molar-refractivity contribution is -0.116. The van der Waals surface area contributed by atoms with Crippen LogP contribution in [0.5, 0.6) is 0 Å². The summed E-state index contributed by atoms with van der Waals surface area (Å²) in [7, 11) is 1.59. The zero-order chi connectivity index (χ0) is 21.1. The number of hydrogen-bond acceptors (Lipinski definition) is 3. The largest absolute Gasteiger partial charge is 0.332 e. The summed E-state index contributed by atoms with van der Waals surface area (Å²) >= 11 is 9.44. The molecule has 1 heterocycles. The van der Waals surface area contributed by atoms with E-state index in [2.05, 4.69) is 26.3 Å². The smallest absolute Gasteiger partial charge is 0.257 e. The van der Waals surface area contributed by atoms with Crippen LogP contribution in [-0.4, -0.2) is 40.1 Å². The van der Waals surface area contributed by atoms with Crippen LogP contribution in [0.4, 0.5) is 5.69 Å². The first-order chi connectivity index (χ1) is 13.8. The molecule has 0 bridgehead atoms. The number of carbonyl (C=O) groups excluding carboxylic acids is 2. The average Bonchev–Trinajstić information content (AvgIpc) is 3.04. The molecular formula is C21H20BrClN4O2. The zero-order valence-electron chi connectivity index (χ0n) is 16.2. The number of carbonyl (C=O) groups is 2. The summed E-state index contributed by atoms with van der Waals surface area (Å²) in [5, 5.41) is 7.73. The second-order valence-corrected chi connectivity index (χ2v) is 8.06. The predicted octanol–water partition coefficient (Wildman–Crippen LogP) is 4.62. The van der Waals surface area contributed by atoms with Crippen molar-refractivity contribution in [2.45, 2.75) is 13.8 Å². The summed E-state index contributed by atoms with van der Waals surface area (Å²) in [6.45, 7) is 3.64. The maximum atomic E-state index is 12.8. The van der Waals surface area contributed by atoms with Crippen LogP contribution in [0.1, 0.15) is 21.6 Å². The fourth-order valence-corrected chi connectivity index (χ4v) is 3.60. The number of rotatable bonds is 5. The van der Waals surface area contributed by atoms with Crippen molar-refractivity contribution >= 4 is 45.0 Å². The van der Waals surface area contributed by atoms with Gasteiger partial charge in [0, 0.05) is 22.2 Å². The Morgan fingerprint density at radius 3 is 2.66 bits per heavy atom. The lowest BCUT2D eigenvalue weighted by atomic mass is 10.2. The number of nitrogens with zero attached hydrogens (tertiary/aromatic N) is 3. The van der Waals surface area contributed by atoms with Crippen LogP contribution in [0, 0.1) is 13.8 Å². The van der Waals surface area contributed by atoms with Gasteiger partial charge in [-0.05, 0) is 55.8 Å². The minimum atomic E-state index is -0.279. The number of amides is 2. The maximum Gasteiger partial charge on any atom is 0.257 e. The van der Waals surface area contributed by atoms with Gasteiger partial charge in [-0.15, -0.1) is 0 Å². The van der Waals surface area contributed by atoms with Crippen molar-refractivity contribution in [1.82, 2.24) is 14.7 Å². The van der Waals surface area contributed by atoms with E-state index in [-0.39, 0.29) is 18.4 Å². The molecule has 6 nitrogen and oxygen atoms in total. The number of hydrogen-bond donors (Lipinski definition) is 1. The number of benzene rings is 2. The monoisotopic (exact) mass is 474 g/mol. The summed E-state index contributed by atoms with van der Waals surface area (Å²) < 4.78 is 2.59. The Morgan fingerprint density at radius 1 is 1.21 bits per heavy atom. The summed E-state index contributed by atoms with van der Waals surface area (Å²) in [5.41, 5.74) is 3.51. The molecular weight excluding hydrogens is 456 g/mol. The Morgan fingerprint density at radius 2 is 1.97 bits per heavy atom. The Labute approximate surface area is 182 Å². The van der Waals surface area contributed by atoms with Crippen LogP contribution in [0.25, 0.3) is 5.69 Å². The summed E-state index contributed by atoms with van der Waals surface area (Å²) in [5.74, 6) is -0.551. The van der Waals surface area contributed by atoms with Crippen LogP contribution >= 0.6 is 27.5 Å². The van der Waals surface area contributed by atoms with E-state index < -0.39 is 0 Å². The molecule has 3 rings (SSSR count). The normalized spacial score (nSPS) is 10.7. The molecule has 29 heavy (non-hydrogen) atoms. The standard InChI is InChI=1S/C21H20BrClN4O2/c1-13-9-15(22)7-8-19(13)25-20(28)12-26(3)21(29)18-11-24-27(14(18)2)17-6-4-5-16(23)10-17/h4-11H,12H2,1-3H3,(H,25,28). The van der Waals surface area contributed by atoms with E-state index in [1.165, 1.54) is 11.1 Å². The van der Waals surface area contributed by atoms with Gasteiger partial charge in [0.25, 0.3) is 5.91 Å². The van der Waals surface area contributed by atoms with Crippen molar-refractivity contribution in [2.75, 3.05) is 18.9 Å². The van der Waals surface area contributed by atoms with Gasteiger partial charge < -0.3 is 10.2 Å². The molecule has 0 saturated carbocycles. The highest BCUT2D eigenvalue weighted by molar-refractivity contribution is 9.10. The Balaban J connectivity index is 1.71. The van der Waals surface area contributed by atoms with Gasteiger partial charge in [0.05, 0.1) is 29.7 Å². The quantitative estimate of drug-likeness (QED) is 0.586. The molecule has 8 heteroatoms. The summed E-state index contributed by atoms with van der Waals surface area (Å²) in [6.07, 6.45) is 1.51. The minimum Gasteiger partial charge on any atom is -0.332 e. The van der Waals surface area contributed by atoms with Gasteiger partial charge in [-0.2, -0.15) is 5.10 Å². The maximum absolute atomic E-state index is 12.8. The van der Waals surface area contributed by atoms with E-state index in [4.69, 9.17) is 11.6 Å². The molecule has 0 aliphatic heterocycles. The first kappa shape index (κ1) is 21.1. The molecule has 2 amide bonds. The van der Waals surface area contributed by atoms with Crippen LogP contribution in [0.3, 0.4) is 0 Å². The fourth-order valence-electron chi connectivity index (χ4n) is 2.94. The highest BCUT2D eigenvalue weighted by Crippen LogP contribution is 2.21. The van der Waals surface area contributed by atoms with E-state index in [0.29, 0.717) is 22.0 Å². The van der Waals surface area contributed by atoms with Gasteiger partial charge in [-0.3, -0.25) is 9.59 Å². The Kier molecular flexibility index (Phi) is 6.39. The third kappa shape index (κ3) is 4.86. The molecule has 0 spiro atoms. The molecule has 150 valence electrons. The molecule has 0 atom stereocenters. The molecule has 0 aliphatic carbocycles. The van der Waals surface area contributed by atoms with E-state index in [1.54, 1.807) is 30.8 Å². The number of likely N-dealkylation sites (N-methyl/N-ethyl adjacent to an activating group) is 1. The van der Waals surface area contributed by atoms with E-state index >= 15 is 0 Å². The van der Waals surface area contributed by atoms with Crippen molar-refractivity contribution in [2.24, 2.45) is 0 Å². The van der Waals surface area contributed by atoms with Gasteiger partial charge in [0.1, 0.15) is 0 Å². The first-order valence-corrected chi connectivity index (χ1v) is 10.1. The molecule has 0 saturated heterocycles. The van der Waals surface area contributed by atoms with E-state index in [1.807, 2.05) is 37.3 Å². The molecule has 0 fully saturated rings. The molecule has 3 aromatic rings. The number of aromatic nitrogens is 2. The SMILES string of the molecule is Cc1cc(Br)ccc1NC(=O)CN(C)C(=O)c1cnn(-c2cccc(Cl)c2)c1C. The number of anilines is 1. The lowest BCUT2D eigenvalue weighted by Gasteiger charge is -2.17.